The molecule has 0 bridgehead atoms. The average molecular weight is 356 g/mol. The topological polar surface area (TPSA) is 51.8 Å². The van der Waals surface area contributed by atoms with Gasteiger partial charge in [-0.15, -0.1) is 11.3 Å². The number of carbonyl (C=O) groups excluding carboxylic acids is 1. The van der Waals surface area contributed by atoms with Gasteiger partial charge in [0.05, 0.1) is 4.88 Å². The largest absolute Gasteiger partial charge is 0.457 e. The van der Waals surface area contributed by atoms with Crippen molar-refractivity contribution in [2.75, 3.05) is 0 Å². The van der Waals surface area contributed by atoms with Crippen LogP contribution in [0.2, 0.25) is 5.02 Å². The molecule has 3 heterocycles. The SMILES string of the molecule is O=C1OC(c2cccs2)=N/C1=C\c1ccc(-c2cccc(Cl)c2)o1. The molecular weight excluding hydrogens is 346 g/mol. The highest BCUT2D eigenvalue weighted by Gasteiger charge is 2.25. The summed E-state index contributed by atoms with van der Waals surface area (Å²) in [5.74, 6) is 1.02. The number of nitrogens with zero attached hydrogens (tertiary/aromatic N) is 1. The number of furan rings is 1. The van der Waals surface area contributed by atoms with E-state index >= 15 is 0 Å². The molecule has 0 saturated carbocycles. The van der Waals surface area contributed by atoms with Crippen molar-refractivity contribution in [3.63, 3.8) is 0 Å². The molecule has 1 aliphatic heterocycles. The molecule has 0 saturated heterocycles. The lowest BCUT2D eigenvalue weighted by atomic mass is 10.2. The molecule has 0 atom stereocenters. The summed E-state index contributed by atoms with van der Waals surface area (Å²) in [5, 5.41) is 2.53. The molecule has 4 rings (SSSR count). The fourth-order valence-corrected chi connectivity index (χ4v) is 3.12. The zero-order valence-corrected chi connectivity index (χ0v) is 13.8. The van der Waals surface area contributed by atoms with Crippen LogP contribution in [0.1, 0.15) is 10.6 Å². The van der Waals surface area contributed by atoms with Gasteiger partial charge in [-0.2, -0.15) is 0 Å². The van der Waals surface area contributed by atoms with Crippen LogP contribution in [0.5, 0.6) is 0 Å². The maximum absolute atomic E-state index is 11.9. The van der Waals surface area contributed by atoms with Gasteiger partial charge in [-0.25, -0.2) is 9.79 Å². The van der Waals surface area contributed by atoms with E-state index < -0.39 is 5.97 Å². The number of esters is 1. The maximum atomic E-state index is 11.9. The summed E-state index contributed by atoms with van der Waals surface area (Å²) in [4.78, 5) is 17.0. The number of carbonyl (C=O) groups is 1. The second-order valence-corrected chi connectivity index (χ2v) is 6.41. The molecule has 4 nitrogen and oxygen atoms in total. The number of thiophene rings is 1. The lowest BCUT2D eigenvalue weighted by molar-refractivity contribution is -0.129. The molecule has 24 heavy (non-hydrogen) atoms. The van der Waals surface area contributed by atoms with Gasteiger partial charge in [0, 0.05) is 16.7 Å². The number of hydrogen-bond donors (Lipinski definition) is 0. The highest BCUT2D eigenvalue weighted by Crippen LogP contribution is 2.27. The molecule has 0 unspecified atom stereocenters. The number of hydrogen-bond acceptors (Lipinski definition) is 5. The van der Waals surface area contributed by atoms with E-state index in [0.29, 0.717) is 22.4 Å². The van der Waals surface area contributed by atoms with Crippen LogP contribution in [0, 0.1) is 0 Å². The molecule has 0 aliphatic carbocycles. The van der Waals surface area contributed by atoms with E-state index in [9.17, 15) is 4.79 Å². The average Bonchev–Trinajstić information content (AvgIpc) is 3.30. The second kappa shape index (κ2) is 6.11. The maximum Gasteiger partial charge on any atom is 0.363 e. The van der Waals surface area contributed by atoms with Gasteiger partial charge in [0.1, 0.15) is 11.5 Å². The van der Waals surface area contributed by atoms with Crippen LogP contribution in [-0.4, -0.2) is 11.9 Å². The van der Waals surface area contributed by atoms with E-state index in [2.05, 4.69) is 4.99 Å². The summed E-state index contributed by atoms with van der Waals surface area (Å²) in [5.41, 5.74) is 1.08. The third kappa shape index (κ3) is 2.91. The van der Waals surface area contributed by atoms with Crippen LogP contribution in [0.15, 0.2) is 69.0 Å². The summed E-state index contributed by atoms with van der Waals surface area (Å²) >= 11 is 7.45. The minimum absolute atomic E-state index is 0.213. The van der Waals surface area contributed by atoms with Crippen molar-refractivity contribution < 1.29 is 13.9 Å². The molecule has 1 aromatic carbocycles. The Kier molecular flexibility index (Phi) is 3.80. The molecule has 6 heteroatoms. The van der Waals surface area contributed by atoms with Crippen molar-refractivity contribution in [3.05, 3.63) is 75.3 Å². The lowest BCUT2D eigenvalue weighted by Crippen LogP contribution is -2.03. The third-order valence-corrected chi connectivity index (χ3v) is 4.46. The van der Waals surface area contributed by atoms with Crippen LogP contribution < -0.4 is 0 Å². The molecule has 0 spiro atoms. The Morgan fingerprint density at radius 3 is 2.83 bits per heavy atom. The van der Waals surface area contributed by atoms with E-state index in [1.54, 1.807) is 18.2 Å². The molecule has 2 aromatic heterocycles. The lowest BCUT2D eigenvalue weighted by Gasteiger charge is -1.97. The van der Waals surface area contributed by atoms with Crippen LogP contribution in [0.25, 0.3) is 17.4 Å². The predicted molar refractivity (Wildman–Crippen MR) is 94.1 cm³/mol. The van der Waals surface area contributed by atoms with Crippen LogP contribution in [0.3, 0.4) is 0 Å². The number of rotatable bonds is 3. The van der Waals surface area contributed by atoms with Gasteiger partial charge >= 0.3 is 5.97 Å². The number of aliphatic imine (C=N–C) groups is 1. The normalized spacial score (nSPS) is 15.6. The van der Waals surface area contributed by atoms with Crippen LogP contribution in [0.4, 0.5) is 0 Å². The Labute approximate surface area is 146 Å². The zero-order chi connectivity index (χ0) is 16.5. The molecule has 0 fully saturated rings. The van der Waals surface area contributed by atoms with Gasteiger partial charge in [0.2, 0.25) is 5.90 Å². The highest BCUT2D eigenvalue weighted by molar-refractivity contribution is 7.12. The molecular formula is C18H10ClNO3S. The fraction of sp³-hybridized carbons (Fsp3) is 0. The Bertz CT molecular complexity index is 970. The quantitative estimate of drug-likeness (QED) is 0.490. The number of halogens is 1. The first-order valence-corrected chi connectivity index (χ1v) is 8.37. The van der Waals surface area contributed by atoms with Crippen molar-refractivity contribution in [3.8, 4) is 11.3 Å². The minimum Gasteiger partial charge on any atom is -0.457 e. The van der Waals surface area contributed by atoms with Gasteiger partial charge in [-0.3, -0.25) is 0 Å². The first-order valence-electron chi connectivity index (χ1n) is 7.11. The molecule has 1 aliphatic rings. The van der Waals surface area contributed by atoms with Crippen molar-refractivity contribution >= 4 is 40.9 Å². The predicted octanol–water partition coefficient (Wildman–Crippen LogP) is 5.01. The van der Waals surface area contributed by atoms with Gasteiger partial charge < -0.3 is 9.15 Å². The molecule has 0 N–H and O–H groups in total. The number of ether oxygens (including phenoxy) is 1. The smallest absolute Gasteiger partial charge is 0.363 e. The van der Waals surface area contributed by atoms with Gasteiger partial charge in [0.15, 0.2) is 5.70 Å². The molecule has 3 aromatic rings. The third-order valence-electron chi connectivity index (χ3n) is 3.37. The fourth-order valence-electron chi connectivity index (χ4n) is 2.28. The Morgan fingerprint density at radius 2 is 2.04 bits per heavy atom. The van der Waals surface area contributed by atoms with E-state index in [-0.39, 0.29) is 5.70 Å². The first-order chi connectivity index (χ1) is 11.7. The summed E-state index contributed by atoms with van der Waals surface area (Å²) < 4.78 is 10.9. The number of cyclic esters (lactones) is 1. The summed E-state index contributed by atoms with van der Waals surface area (Å²) in [7, 11) is 0. The summed E-state index contributed by atoms with van der Waals surface area (Å²) in [6, 6.07) is 14.7. The van der Waals surface area contributed by atoms with Gasteiger partial charge in [0.25, 0.3) is 0 Å². The van der Waals surface area contributed by atoms with Crippen LogP contribution in [-0.2, 0) is 9.53 Å². The zero-order valence-electron chi connectivity index (χ0n) is 12.2. The molecule has 0 amide bonds. The van der Waals surface area contributed by atoms with Crippen molar-refractivity contribution in [2.24, 2.45) is 4.99 Å². The number of benzene rings is 1. The standard InChI is InChI=1S/C18H10ClNO3S/c19-12-4-1-3-11(9-12)15-7-6-13(22-15)10-14-18(21)23-17(20-14)16-5-2-8-24-16/h1-10H/b14-10-. The van der Waals surface area contributed by atoms with Gasteiger partial charge in [-0.05, 0) is 35.7 Å². The minimum atomic E-state index is -0.487. The van der Waals surface area contributed by atoms with E-state index in [4.69, 9.17) is 20.8 Å². The van der Waals surface area contributed by atoms with Crippen LogP contribution >= 0.6 is 22.9 Å². The van der Waals surface area contributed by atoms with Crippen molar-refractivity contribution in [2.45, 2.75) is 0 Å². The van der Waals surface area contributed by atoms with E-state index in [1.165, 1.54) is 11.3 Å². The first kappa shape index (κ1) is 14.9. The summed E-state index contributed by atoms with van der Waals surface area (Å²) in [6.07, 6.45) is 1.57. The second-order valence-electron chi connectivity index (χ2n) is 5.03. The van der Waals surface area contributed by atoms with E-state index in [1.807, 2.05) is 41.8 Å². The van der Waals surface area contributed by atoms with Crippen molar-refractivity contribution in [1.29, 1.82) is 0 Å². The Hall–Kier alpha value is -2.63. The summed E-state index contributed by atoms with van der Waals surface area (Å²) in [6.45, 7) is 0. The highest BCUT2D eigenvalue weighted by atomic mass is 35.5. The van der Waals surface area contributed by atoms with E-state index in [0.717, 1.165) is 10.4 Å². The monoisotopic (exact) mass is 355 g/mol. The molecule has 118 valence electrons. The Balaban J connectivity index is 1.63. The Morgan fingerprint density at radius 1 is 1.12 bits per heavy atom. The van der Waals surface area contributed by atoms with Crippen molar-refractivity contribution in [1.82, 2.24) is 0 Å². The molecule has 0 radical (unpaired) electrons. The van der Waals surface area contributed by atoms with Gasteiger partial charge in [-0.1, -0.05) is 29.8 Å².